The van der Waals surface area contributed by atoms with Crippen molar-refractivity contribution in [3.63, 3.8) is 0 Å². The predicted molar refractivity (Wildman–Crippen MR) is 84.2 cm³/mol. The molecule has 5 heteroatoms. The molecule has 0 atom stereocenters. The van der Waals surface area contributed by atoms with Crippen LogP contribution >= 0.6 is 15.9 Å². The van der Waals surface area contributed by atoms with Gasteiger partial charge in [0.15, 0.2) is 11.6 Å². The molecule has 0 fully saturated rings. The zero-order valence-electron chi connectivity index (χ0n) is 11.7. The monoisotopic (exact) mass is 353 g/mol. The first-order valence-corrected chi connectivity index (χ1v) is 7.37. The molecule has 2 aromatic rings. The summed E-state index contributed by atoms with van der Waals surface area (Å²) >= 11 is 3.42. The summed E-state index contributed by atoms with van der Waals surface area (Å²) in [4.78, 5) is 0. The van der Waals surface area contributed by atoms with Crippen LogP contribution in [0.3, 0.4) is 0 Å². The molecule has 0 aromatic heterocycles. The van der Waals surface area contributed by atoms with Crippen LogP contribution in [0.25, 0.3) is 0 Å². The third-order valence-corrected chi connectivity index (χ3v) is 3.58. The van der Waals surface area contributed by atoms with Gasteiger partial charge in [0, 0.05) is 10.0 Å². The van der Waals surface area contributed by atoms with E-state index in [-0.39, 0.29) is 12.4 Å². The largest absolute Gasteiger partial charge is 0.494 e. The van der Waals surface area contributed by atoms with E-state index >= 15 is 0 Å². The van der Waals surface area contributed by atoms with Gasteiger partial charge in [0.1, 0.15) is 12.4 Å². The zero-order valence-corrected chi connectivity index (χ0v) is 13.3. The summed E-state index contributed by atoms with van der Waals surface area (Å²) in [5.41, 5.74) is 7.05. The summed E-state index contributed by atoms with van der Waals surface area (Å²) in [6, 6.07) is 10.7. The Hall–Kier alpha value is -1.59. The van der Waals surface area contributed by atoms with Gasteiger partial charge in [-0.1, -0.05) is 28.1 Å². The number of halogens is 2. The summed E-state index contributed by atoms with van der Waals surface area (Å²) < 4.78 is 25.7. The molecule has 0 aliphatic rings. The van der Waals surface area contributed by atoms with Crippen molar-refractivity contribution in [3.05, 3.63) is 57.8 Å². The fourth-order valence-corrected chi connectivity index (χ4v) is 2.43. The quantitative estimate of drug-likeness (QED) is 0.861. The lowest BCUT2D eigenvalue weighted by molar-refractivity contribution is 0.293. The van der Waals surface area contributed by atoms with Gasteiger partial charge in [-0.05, 0) is 42.8 Å². The summed E-state index contributed by atoms with van der Waals surface area (Å²) in [5, 5.41) is 0. The van der Waals surface area contributed by atoms with Crippen LogP contribution in [-0.4, -0.2) is 13.7 Å². The highest BCUT2D eigenvalue weighted by Gasteiger charge is 2.10. The lowest BCUT2D eigenvalue weighted by Crippen LogP contribution is -2.06. The molecule has 0 radical (unpaired) electrons. The SMILES string of the molecule is COc1cccc(COc2ccc(Br)cc2CCN)c1F. The molecule has 0 heterocycles. The van der Waals surface area contributed by atoms with E-state index in [4.69, 9.17) is 15.2 Å². The van der Waals surface area contributed by atoms with E-state index < -0.39 is 5.82 Å². The summed E-state index contributed by atoms with van der Waals surface area (Å²) in [7, 11) is 1.44. The van der Waals surface area contributed by atoms with Crippen molar-refractivity contribution in [2.24, 2.45) is 5.73 Å². The molecule has 0 spiro atoms. The van der Waals surface area contributed by atoms with Gasteiger partial charge < -0.3 is 15.2 Å². The third kappa shape index (κ3) is 3.95. The van der Waals surface area contributed by atoms with E-state index in [1.807, 2.05) is 18.2 Å². The topological polar surface area (TPSA) is 44.5 Å². The Morgan fingerprint density at radius 2 is 1.95 bits per heavy atom. The second kappa shape index (κ2) is 7.43. The Balaban J connectivity index is 2.16. The summed E-state index contributed by atoms with van der Waals surface area (Å²) in [6.07, 6.45) is 0.704. The maximum atomic E-state index is 14.1. The second-order valence-corrected chi connectivity index (χ2v) is 5.43. The van der Waals surface area contributed by atoms with E-state index in [2.05, 4.69) is 15.9 Å². The predicted octanol–water partition coefficient (Wildman–Crippen LogP) is 3.68. The number of nitrogens with two attached hydrogens (primary N) is 1. The average Bonchev–Trinajstić information content (AvgIpc) is 2.48. The minimum absolute atomic E-state index is 0.141. The maximum absolute atomic E-state index is 14.1. The molecule has 112 valence electrons. The highest BCUT2D eigenvalue weighted by molar-refractivity contribution is 9.10. The molecule has 0 aliphatic carbocycles. The summed E-state index contributed by atoms with van der Waals surface area (Å²) in [6.45, 7) is 0.669. The van der Waals surface area contributed by atoms with Gasteiger partial charge >= 0.3 is 0 Å². The van der Waals surface area contributed by atoms with Crippen molar-refractivity contribution < 1.29 is 13.9 Å². The minimum Gasteiger partial charge on any atom is -0.494 e. The van der Waals surface area contributed by atoms with Crippen LogP contribution in [-0.2, 0) is 13.0 Å². The van der Waals surface area contributed by atoms with Gasteiger partial charge in [0.05, 0.1) is 7.11 Å². The summed E-state index contributed by atoms with van der Waals surface area (Å²) in [5.74, 6) is 0.539. The molecule has 2 N–H and O–H groups in total. The fourth-order valence-electron chi connectivity index (χ4n) is 2.02. The average molecular weight is 354 g/mol. The standard InChI is InChI=1S/C16H17BrFNO2/c1-20-15-4-2-3-12(16(15)18)10-21-14-6-5-13(17)9-11(14)7-8-19/h2-6,9H,7-8,10,19H2,1H3. The molecule has 21 heavy (non-hydrogen) atoms. The molecule has 0 aliphatic heterocycles. The van der Waals surface area contributed by atoms with Crippen molar-refractivity contribution >= 4 is 15.9 Å². The lowest BCUT2D eigenvalue weighted by atomic mass is 10.1. The van der Waals surface area contributed by atoms with Gasteiger partial charge in [-0.25, -0.2) is 4.39 Å². The first-order valence-electron chi connectivity index (χ1n) is 6.58. The van der Waals surface area contributed by atoms with Gasteiger partial charge in [-0.15, -0.1) is 0 Å². The maximum Gasteiger partial charge on any atom is 0.171 e. The van der Waals surface area contributed by atoms with Crippen LogP contribution in [0.4, 0.5) is 4.39 Å². The van der Waals surface area contributed by atoms with Gasteiger partial charge in [0.2, 0.25) is 0 Å². The van der Waals surface area contributed by atoms with Gasteiger partial charge in [0.25, 0.3) is 0 Å². The van der Waals surface area contributed by atoms with Crippen LogP contribution in [0.15, 0.2) is 40.9 Å². The molecule has 0 saturated heterocycles. The Kier molecular flexibility index (Phi) is 5.59. The molecule has 3 nitrogen and oxygen atoms in total. The van der Waals surface area contributed by atoms with E-state index in [0.29, 0.717) is 24.3 Å². The van der Waals surface area contributed by atoms with Gasteiger partial charge in [-0.2, -0.15) is 0 Å². The van der Waals surface area contributed by atoms with Crippen molar-refractivity contribution in [1.29, 1.82) is 0 Å². The molecular weight excluding hydrogens is 337 g/mol. The Morgan fingerprint density at radius 3 is 2.67 bits per heavy atom. The van der Waals surface area contributed by atoms with Crippen molar-refractivity contribution in [2.75, 3.05) is 13.7 Å². The number of rotatable bonds is 6. The molecular formula is C16H17BrFNO2. The first-order chi connectivity index (χ1) is 10.2. The molecule has 2 aromatic carbocycles. The highest BCUT2D eigenvalue weighted by Crippen LogP contribution is 2.26. The second-order valence-electron chi connectivity index (χ2n) is 4.51. The zero-order chi connectivity index (χ0) is 15.2. The van der Waals surface area contributed by atoms with E-state index in [9.17, 15) is 4.39 Å². The van der Waals surface area contributed by atoms with Crippen molar-refractivity contribution in [3.8, 4) is 11.5 Å². The van der Waals surface area contributed by atoms with Gasteiger partial charge in [-0.3, -0.25) is 0 Å². The fraction of sp³-hybridized carbons (Fsp3) is 0.250. The Bertz CT molecular complexity index is 619. The van der Waals surface area contributed by atoms with Crippen molar-refractivity contribution in [2.45, 2.75) is 13.0 Å². The first kappa shape index (κ1) is 15.8. The van der Waals surface area contributed by atoms with Crippen LogP contribution < -0.4 is 15.2 Å². The Morgan fingerprint density at radius 1 is 1.14 bits per heavy atom. The van der Waals surface area contributed by atoms with E-state index in [0.717, 1.165) is 10.0 Å². The highest BCUT2D eigenvalue weighted by atomic mass is 79.9. The molecule has 0 saturated carbocycles. The molecule has 2 rings (SSSR count). The molecule has 0 unspecified atom stereocenters. The van der Waals surface area contributed by atoms with Crippen LogP contribution in [0.1, 0.15) is 11.1 Å². The van der Waals surface area contributed by atoms with E-state index in [1.54, 1.807) is 18.2 Å². The minimum atomic E-state index is -0.391. The van der Waals surface area contributed by atoms with Crippen LogP contribution in [0.5, 0.6) is 11.5 Å². The smallest absolute Gasteiger partial charge is 0.171 e. The van der Waals surface area contributed by atoms with E-state index in [1.165, 1.54) is 7.11 Å². The Labute approximate surface area is 132 Å². The number of hydrogen-bond donors (Lipinski definition) is 1. The molecule has 0 bridgehead atoms. The number of hydrogen-bond acceptors (Lipinski definition) is 3. The van der Waals surface area contributed by atoms with Crippen LogP contribution in [0, 0.1) is 5.82 Å². The number of benzene rings is 2. The molecule has 0 amide bonds. The van der Waals surface area contributed by atoms with Crippen LogP contribution in [0.2, 0.25) is 0 Å². The van der Waals surface area contributed by atoms with Crippen molar-refractivity contribution in [1.82, 2.24) is 0 Å². The number of ether oxygens (including phenoxy) is 2. The lowest BCUT2D eigenvalue weighted by Gasteiger charge is -2.13. The number of methoxy groups -OCH3 is 1. The third-order valence-electron chi connectivity index (χ3n) is 3.08. The normalized spacial score (nSPS) is 10.5.